The van der Waals surface area contributed by atoms with Gasteiger partial charge in [-0.25, -0.2) is 8.42 Å². The van der Waals surface area contributed by atoms with Crippen LogP contribution in [-0.2, 0) is 10.0 Å². The highest BCUT2D eigenvalue weighted by molar-refractivity contribution is 7.92. The van der Waals surface area contributed by atoms with E-state index in [1.54, 1.807) is 24.3 Å². The first-order valence-electron chi connectivity index (χ1n) is 8.48. The highest BCUT2D eigenvalue weighted by Gasteiger charge is 2.17. The van der Waals surface area contributed by atoms with Crippen LogP contribution in [0.2, 0.25) is 0 Å². The van der Waals surface area contributed by atoms with Gasteiger partial charge in [-0.2, -0.15) is 0 Å². The van der Waals surface area contributed by atoms with Crippen LogP contribution in [0.25, 0.3) is 0 Å². The second kappa shape index (κ2) is 8.71. The smallest absolute Gasteiger partial charge is 0.262 e. The molecule has 140 valence electrons. The van der Waals surface area contributed by atoms with Gasteiger partial charge in [-0.15, -0.1) is 0 Å². The minimum atomic E-state index is -3.78. The van der Waals surface area contributed by atoms with Crippen molar-refractivity contribution in [3.63, 3.8) is 0 Å². The van der Waals surface area contributed by atoms with Gasteiger partial charge in [0.05, 0.1) is 17.7 Å². The van der Waals surface area contributed by atoms with E-state index in [9.17, 15) is 13.2 Å². The van der Waals surface area contributed by atoms with Crippen molar-refractivity contribution in [1.29, 1.82) is 0 Å². The largest absolute Gasteiger partial charge is 0.495 e. The lowest BCUT2D eigenvalue weighted by Gasteiger charge is -2.15. The Balaban J connectivity index is 2.17. The number of hydrogen-bond acceptors (Lipinski definition) is 4. The highest BCUT2D eigenvalue weighted by atomic mass is 32.2. The predicted molar refractivity (Wildman–Crippen MR) is 102 cm³/mol. The van der Waals surface area contributed by atoms with E-state index in [4.69, 9.17) is 4.74 Å². The minimum absolute atomic E-state index is 0.0717. The molecule has 0 aliphatic heterocycles. The summed E-state index contributed by atoms with van der Waals surface area (Å²) in [5, 5.41) is 2.93. The van der Waals surface area contributed by atoms with Gasteiger partial charge >= 0.3 is 0 Å². The molecule has 7 heteroatoms. The highest BCUT2D eigenvalue weighted by Crippen LogP contribution is 2.26. The lowest BCUT2D eigenvalue weighted by Crippen LogP contribution is -2.33. The number of rotatable bonds is 8. The molecule has 2 N–H and O–H groups in total. The molecule has 2 aromatic rings. The third-order valence-electron chi connectivity index (χ3n) is 4.10. The SMILES string of the molecule is CCC(CC)NC(=O)c1ccc(S(=O)(=O)Nc2ccccc2OC)cc1. The molecule has 0 unspecified atom stereocenters. The van der Waals surface area contributed by atoms with Crippen molar-refractivity contribution < 1.29 is 17.9 Å². The van der Waals surface area contributed by atoms with Crippen molar-refractivity contribution in [3.05, 3.63) is 54.1 Å². The van der Waals surface area contributed by atoms with Gasteiger partial charge in [0.15, 0.2) is 0 Å². The molecule has 0 radical (unpaired) electrons. The maximum Gasteiger partial charge on any atom is 0.262 e. The molecule has 0 aliphatic carbocycles. The molecule has 0 fully saturated rings. The molecule has 2 aromatic carbocycles. The van der Waals surface area contributed by atoms with Crippen LogP contribution in [-0.4, -0.2) is 27.5 Å². The molecule has 0 aromatic heterocycles. The quantitative estimate of drug-likeness (QED) is 0.739. The summed E-state index contributed by atoms with van der Waals surface area (Å²) >= 11 is 0. The zero-order chi connectivity index (χ0) is 19.2. The third kappa shape index (κ3) is 4.76. The average molecular weight is 376 g/mol. The van der Waals surface area contributed by atoms with E-state index < -0.39 is 10.0 Å². The van der Waals surface area contributed by atoms with Gasteiger partial charge in [-0.05, 0) is 49.2 Å². The Morgan fingerprint density at radius 3 is 2.23 bits per heavy atom. The Kier molecular flexibility index (Phi) is 6.63. The van der Waals surface area contributed by atoms with Gasteiger partial charge in [-0.1, -0.05) is 26.0 Å². The Morgan fingerprint density at radius 1 is 1.04 bits per heavy atom. The van der Waals surface area contributed by atoms with Crippen LogP contribution in [0.5, 0.6) is 5.75 Å². The van der Waals surface area contributed by atoms with E-state index in [0.717, 1.165) is 12.8 Å². The van der Waals surface area contributed by atoms with Crippen LogP contribution < -0.4 is 14.8 Å². The van der Waals surface area contributed by atoms with Crippen LogP contribution in [0.4, 0.5) is 5.69 Å². The number of amides is 1. The molecular formula is C19H24N2O4S. The first kappa shape index (κ1) is 19.8. The van der Waals surface area contributed by atoms with Gasteiger partial charge in [0.25, 0.3) is 15.9 Å². The van der Waals surface area contributed by atoms with Crippen LogP contribution in [0.15, 0.2) is 53.4 Å². The van der Waals surface area contributed by atoms with Crippen LogP contribution in [0, 0.1) is 0 Å². The van der Waals surface area contributed by atoms with Crippen molar-refractivity contribution in [2.75, 3.05) is 11.8 Å². The summed E-state index contributed by atoms with van der Waals surface area (Å²) in [7, 11) is -2.31. The zero-order valence-electron chi connectivity index (χ0n) is 15.2. The number of anilines is 1. The fraction of sp³-hybridized carbons (Fsp3) is 0.316. The number of nitrogens with one attached hydrogen (secondary N) is 2. The molecule has 0 atom stereocenters. The summed E-state index contributed by atoms with van der Waals surface area (Å²) < 4.78 is 32.8. The molecule has 0 heterocycles. The molecule has 2 rings (SSSR count). The van der Waals surface area contributed by atoms with E-state index in [1.165, 1.54) is 31.4 Å². The number of para-hydroxylation sites is 2. The van der Waals surface area contributed by atoms with Crippen LogP contribution in [0.3, 0.4) is 0 Å². The molecule has 6 nitrogen and oxygen atoms in total. The first-order chi connectivity index (χ1) is 12.4. The fourth-order valence-electron chi connectivity index (χ4n) is 2.48. The number of ether oxygens (including phenoxy) is 1. The lowest BCUT2D eigenvalue weighted by atomic mass is 10.1. The Labute approximate surface area is 154 Å². The van der Waals surface area contributed by atoms with Gasteiger partial charge in [0.2, 0.25) is 0 Å². The lowest BCUT2D eigenvalue weighted by molar-refractivity contribution is 0.0934. The van der Waals surface area contributed by atoms with Gasteiger partial charge in [0.1, 0.15) is 5.75 Å². The standard InChI is InChI=1S/C19H24N2O4S/c1-4-15(5-2)20-19(22)14-10-12-16(13-11-14)26(23,24)21-17-8-6-7-9-18(17)25-3/h6-13,15,21H,4-5H2,1-3H3,(H,20,22). The monoisotopic (exact) mass is 376 g/mol. The summed E-state index contributed by atoms with van der Waals surface area (Å²) in [5.41, 5.74) is 0.777. The molecule has 0 bridgehead atoms. The summed E-state index contributed by atoms with van der Waals surface area (Å²) in [6.45, 7) is 4.02. The van der Waals surface area contributed by atoms with Crippen molar-refractivity contribution in [3.8, 4) is 5.75 Å². The number of carbonyl (C=O) groups excluding carboxylic acids is 1. The molecule has 0 saturated heterocycles. The van der Waals surface area contributed by atoms with Crippen molar-refractivity contribution >= 4 is 21.6 Å². The zero-order valence-corrected chi connectivity index (χ0v) is 16.0. The molecule has 0 spiro atoms. The number of benzene rings is 2. The summed E-state index contributed by atoms with van der Waals surface area (Å²) in [6, 6.07) is 12.7. The summed E-state index contributed by atoms with van der Waals surface area (Å²) in [5.74, 6) is 0.220. The molecule has 0 saturated carbocycles. The van der Waals surface area contributed by atoms with Gasteiger partial charge in [0, 0.05) is 11.6 Å². The van der Waals surface area contributed by atoms with Crippen molar-refractivity contribution in [2.24, 2.45) is 0 Å². The first-order valence-corrected chi connectivity index (χ1v) is 9.96. The maximum absolute atomic E-state index is 12.6. The Bertz CT molecular complexity index is 844. The number of sulfonamides is 1. The average Bonchev–Trinajstić information content (AvgIpc) is 2.66. The summed E-state index contributed by atoms with van der Waals surface area (Å²) in [4.78, 5) is 12.3. The molecule has 0 aliphatic rings. The number of methoxy groups -OCH3 is 1. The second-order valence-corrected chi connectivity index (χ2v) is 7.50. The van der Waals surface area contributed by atoms with E-state index in [1.807, 2.05) is 13.8 Å². The van der Waals surface area contributed by atoms with Crippen molar-refractivity contribution in [1.82, 2.24) is 5.32 Å². The third-order valence-corrected chi connectivity index (χ3v) is 5.48. The van der Waals surface area contributed by atoms with E-state index in [0.29, 0.717) is 17.0 Å². The Morgan fingerprint density at radius 2 is 1.65 bits per heavy atom. The minimum Gasteiger partial charge on any atom is -0.495 e. The van der Waals surface area contributed by atoms with Crippen LogP contribution in [0.1, 0.15) is 37.0 Å². The predicted octanol–water partition coefficient (Wildman–Crippen LogP) is 3.41. The number of carbonyl (C=O) groups is 1. The molecule has 1 amide bonds. The normalized spacial score (nSPS) is 11.2. The van der Waals surface area contributed by atoms with E-state index >= 15 is 0 Å². The topological polar surface area (TPSA) is 84.5 Å². The van der Waals surface area contributed by atoms with E-state index in [-0.39, 0.29) is 16.8 Å². The molecular weight excluding hydrogens is 352 g/mol. The van der Waals surface area contributed by atoms with Crippen molar-refractivity contribution in [2.45, 2.75) is 37.6 Å². The fourth-order valence-corrected chi connectivity index (χ4v) is 3.55. The maximum atomic E-state index is 12.6. The molecule has 26 heavy (non-hydrogen) atoms. The van der Waals surface area contributed by atoms with Gasteiger partial charge < -0.3 is 10.1 Å². The Hall–Kier alpha value is -2.54. The second-order valence-electron chi connectivity index (χ2n) is 5.82. The van der Waals surface area contributed by atoms with Gasteiger partial charge in [-0.3, -0.25) is 9.52 Å². The number of hydrogen-bond donors (Lipinski definition) is 2. The summed E-state index contributed by atoms with van der Waals surface area (Å²) in [6.07, 6.45) is 1.69. The van der Waals surface area contributed by atoms with Crippen LogP contribution >= 0.6 is 0 Å². The van der Waals surface area contributed by atoms with E-state index in [2.05, 4.69) is 10.0 Å².